The van der Waals surface area contributed by atoms with Gasteiger partial charge in [-0.1, -0.05) is 0 Å². The molecule has 0 aliphatic carbocycles. The van der Waals surface area contributed by atoms with Gasteiger partial charge >= 0.3 is 5.69 Å². The summed E-state index contributed by atoms with van der Waals surface area (Å²) < 4.78 is 4.90. The second kappa shape index (κ2) is 7.47. The van der Waals surface area contributed by atoms with E-state index in [1.54, 1.807) is 7.11 Å². The predicted octanol–water partition coefficient (Wildman–Crippen LogP) is 1.29. The lowest BCUT2D eigenvalue weighted by atomic mass is 10.3. The fraction of sp³-hybridized carbons (Fsp3) is 0.636. The van der Waals surface area contributed by atoms with Gasteiger partial charge in [0.05, 0.1) is 11.5 Å². The monoisotopic (exact) mass is 269 g/mol. The van der Waals surface area contributed by atoms with Crippen molar-refractivity contribution in [2.45, 2.75) is 13.8 Å². The highest BCUT2D eigenvalue weighted by atomic mass is 16.6. The molecule has 1 aromatic heterocycles. The molecule has 1 aromatic rings. The van der Waals surface area contributed by atoms with Gasteiger partial charge in [-0.05, 0) is 13.8 Å². The van der Waals surface area contributed by atoms with Gasteiger partial charge in [-0.25, -0.2) is 9.97 Å². The SMILES string of the molecule is CCN(CC)c1ncnc(NCCOC)c1[N+](=O)[O-]. The Morgan fingerprint density at radius 2 is 2.11 bits per heavy atom. The number of ether oxygens (including phenoxy) is 1. The summed E-state index contributed by atoms with van der Waals surface area (Å²) in [5.41, 5.74) is -0.0951. The van der Waals surface area contributed by atoms with E-state index in [0.717, 1.165) is 0 Å². The summed E-state index contributed by atoms with van der Waals surface area (Å²) in [6, 6.07) is 0. The molecule has 0 fully saturated rings. The van der Waals surface area contributed by atoms with E-state index >= 15 is 0 Å². The fourth-order valence-electron chi connectivity index (χ4n) is 1.69. The Bertz CT molecular complexity index is 423. The van der Waals surface area contributed by atoms with Crippen molar-refractivity contribution in [1.29, 1.82) is 0 Å². The smallest absolute Gasteiger partial charge is 0.353 e. The summed E-state index contributed by atoms with van der Waals surface area (Å²) in [4.78, 5) is 20.6. The molecule has 0 amide bonds. The number of nitrogens with one attached hydrogen (secondary N) is 1. The molecule has 0 aliphatic heterocycles. The van der Waals surface area contributed by atoms with E-state index in [4.69, 9.17) is 4.74 Å². The van der Waals surface area contributed by atoms with Crippen molar-refractivity contribution >= 4 is 17.3 Å². The Morgan fingerprint density at radius 1 is 1.42 bits per heavy atom. The Morgan fingerprint density at radius 3 is 2.63 bits per heavy atom. The van der Waals surface area contributed by atoms with E-state index in [-0.39, 0.29) is 11.5 Å². The van der Waals surface area contributed by atoms with E-state index in [1.165, 1.54) is 6.33 Å². The van der Waals surface area contributed by atoms with Gasteiger partial charge in [0, 0.05) is 26.7 Å². The van der Waals surface area contributed by atoms with Gasteiger partial charge in [0.25, 0.3) is 0 Å². The van der Waals surface area contributed by atoms with Gasteiger partial charge < -0.3 is 15.0 Å². The van der Waals surface area contributed by atoms with Crippen molar-refractivity contribution in [3.8, 4) is 0 Å². The van der Waals surface area contributed by atoms with Crippen LogP contribution in [0.2, 0.25) is 0 Å². The molecule has 0 saturated heterocycles. The summed E-state index contributed by atoms with van der Waals surface area (Å²) in [5, 5.41) is 14.1. The largest absolute Gasteiger partial charge is 0.383 e. The third kappa shape index (κ3) is 3.75. The molecule has 0 saturated carbocycles. The zero-order chi connectivity index (χ0) is 14.3. The lowest BCUT2D eigenvalue weighted by molar-refractivity contribution is -0.383. The molecule has 19 heavy (non-hydrogen) atoms. The number of aromatic nitrogens is 2. The zero-order valence-corrected chi connectivity index (χ0v) is 11.4. The summed E-state index contributed by atoms with van der Waals surface area (Å²) in [6.45, 7) is 6.03. The highest BCUT2D eigenvalue weighted by molar-refractivity contribution is 5.70. The quantitative estimate of drug-likeness (QED) is 0.431. The van der Waals surface area contributed by atoms with Crippen LogP contribution in [0.15, 0.2) is 6.33 Å². The van der Waals surface area contributed by atoms with Gasteiger partial charge in [0.2, 0.25) is 11.6 Å². The van der Waals surface area contributed by atoms with Gasteiger partial charge in [-0.2, -0.15) is 0 Å². The minimum Gasteiger partial charge on any atom is -0.383 e. The minimum atomic E-state index is -0.456. The van der Waals surface area contributed by atoms with Crippen LogP contribution in [0, 0.1) is 10.1 Å². The number of rotatable bonds is 8. The maximum Gasteiger partial charge on any atom is 0.353 e. The van der Waals surface area contributed by atoms with E-state index in [1.807, 2.05) is 18.7 Å². The standard InChI is InChI=1S/C11H19N5O3/c1-4-15(5-2)11-9(16(17)18)10(13-8-14-11)12-6-7-19-3/h8H,4-7H2,1-3H3,(H,12,13,14). The Hall–Kier alpha value is -1.96. The molecule has 0 atom stereocenters. The van der Waals surface area contributed by atoms with Gasteiger partial charge in [-0.15, -0.1) is 0 Å². The normalized spacial score (nSPS) is 10.3. The second-order valence-corrected chi connectivity index (χ2v) is 3.74. The summed E-state index contributed by atoms with van der Waals surface area (Å²) in [6.07, 6.45) is 1.33. The predicted molar refractivity (Wildman–Crippen MR) is 72.6 cm³/mol. The molecular weight excluding hydrogens is 250 g/mol. The molecule has 1 heterocycles. The first kappa shape index (κ1) is 15.1. The van der Waals surface area contributed by atoms with E-state index in [2.05, 4.69) is 15.3 Å². The molecule has 0 radical (unpaired) electrons. The maximum absolute atomic E-state index is 11.2. The number of nitrogens with zero attached hydrogens (tertiary/aromatic N) is 4. The molecule has 8 nitrogen and oxygen atoms in total. The maximum atomic E-state index is 11.2. The third-order valence-electron chi connectivity index (χ3n) is 2.65. The molecule has 0 spiro atoms. The number of hydrogen-bond acceptors (Lipinski definition) is 7. The number of nitro groups is 1. The van der Waals surface area contributed by atoms with Gasteiger partial charge in [0.15, 0.2) is 0 Å². The Kier molecular flexibility index (Phi) is 5.94. The van der Waals surface area contributed by atoms with Crippen molar-refractivity contribution in [2.24, 2.45) is 0 Å². The molecule has 8 heteroatoms. The van der Waals surface area contributed by atoms with Crippen molar-refractivity contribution in [3.05, 3.63) is 16.4 Å². The van der Waals surface area contributed by atoms with Crippen LogP contribution in [-0.2, 0) is 4.74 Å². The topological polar surface area (TPSA) is 93.4 Å². The van der Waals surface area contributed by atoms with Crippen molar-refractivity contribution < 1.29 is 9.66 Å². The van der Waals surface area contributed by atoms with Crippen LogP contribution in [0.1, 0.15) is 13.8 Å². The van der Waals surface area contributed by atoms with Crippen LogP contribution in [0.4, 0.5) is 17.3 Å². The average molecular weight is 269 g/mol. The van der Waals surface area contributed by atoms with Crippen molar-refractivity contribution in [1.82, 2.24) is 9.97 Å². The van der Waals surface area contributed by atoms with Crippen LogP contribution in [0.5, 0.6) is 0 Å². The Balaban J connectivity index is 3.10. The lowest BCUT2D eigenvalue weighted by Crippen LogP contribution is -2.25. The molecular formula is C11H19N5O3. The van der Waals surface area contributed by atoms with E-state index in [0.29, 0.717) is 32.1 Å². The molecule has 1 rings (SSSR count). The minimum absolute atomic E-state index is 0.0951. The molecule has 0 aliphatic rings. The molecule has 0 unspecified atom stereocenters. The summed E-state index contributed by atoms with van der Waals surface area (Å²) in [7, 11) is 1.57. The summed E-state index contributed by atoms with van der Waals surface area (Å²) >= 11 is 0. The first-order chi connectivity index (χ1) is 9.15. The van der Waals surface area contributed by atoms with Crippen LogP contribution in [-0.4, -0.2) is 48.2 Å². The highest BCUT2D eigenvalue weighted by Gasteiger charge is 2.25. The number of hydrogen-bond donors (Lipinski definition) is 1. The zero-order valence-electron chi connectivity index (χ0n) is 11.4. The Labute approximate surface area is 112 Å². The third-order valence-corrected chi connectivity index (χ3v) is 2.65. The lowest BCUT2D eigenvalue weighted by Gasteiger charge is -2.19. The van der Waals surface area contributed by atoms with Crippen molar-refractivity contribution in [2.75, 3.05) is 43.6 Å². The summed E-state index contributed by atoms with van der Waals surface area (Å²) in [5.74, 6) is 0.559. The first-order valence-electron chi connectivity index (χ1n) is 6.12. The number of methoxy groups -OCH3 is 1. The molecule has 0 bridgehead atoms. The van der Waals surface area contributed by atoms with E-state index in [9.17, 15) is 10.1 Å². The molecule has 106 valence electrons. The van der Waals surface area contributed by atoms with Gasteiger partial charge in [0.1, 0.15) is 6.33 Å². The van der Waals surface area contributed by atoms with E-state index < -0.39 is 4.92 Å². The van der Waals surface area contributed by atoms with Crippen LogP contribution in [0.3, 0.4) is 0 Å². The van der Waals surface area contributed by atoms with Crippen LogP contribution < -0.4 is 10.2 Å². The van der Waals surface area contributed by atoms with Crippen molar-refractivity contribution in [3.63, 3.8) is 0 Å². The fourth-order valence-corrected chi connectivity index (χ4v) is 1.69. The number of anilines is 2. The second-order valence-electron chi connectivity index (χ2n) is 3.74. The first-order valence-corrected chi connectivity index (χ1v) is 6.12. The molecule has 1 N–H and O–H groups in total. The average Bonchev–Trinajstić information content (AvgIpc) is 2.40. The highest BCUT2D eigenvalue weighted by Crippen LogP contribution is 2.31. The molecule has 0 aromatic carbocycles. The van der Waals surface area contributed by atoms with Gasteiger partial charge in [-0.3, -0.25) is 10.1 Å². The van der Waals surface area contributed by atoms with Crippen LogP contribution in [0.25, 0.3) is 0 Å². The van der Waals surface area contributed by atoms with Crippen LogP contribution >= 0.6 is 0 Å².